The van der Waals surface area contributed by atoms with Gasteiger partial charge < -0.3 is 19.5 Å². The molecule has 0 heterocycles. The first-order valence-corrected chi connectivity index (χ1v) is 7.55. The summed E-state index contributed by atoms with van der Waals surface area (Å²) < 4.78 is 11.8. The Balaban J connectivity index is 0.000000257. The van der Waals surface area contributed by atoms with Crippen LogP contribution in [0.3, 0.4) is 0 Å². The lowest BCUT2D eigenvalue weighted by atomic mass is 10.1. The minimum Gasteiger partial charge on any atom is -0.508 e. The Labute approximate surface area is 146 Å². The molecule has 2 rings (SSSR count). The van der Waals surface area contributed by atoms with Crippen molar-refractivity contribution in [1.29, 1.82) is 1.34 Å². The van der Waals surface area contributed by atoms with Crippen LogP contribution in [0.15, 0.2) is 48.5 Å². The minimum absolute atomic E-state index is 0.000278. The van der Waals surface area contributed by atoms with Crippen molar-refractivity contribution in [2.24, 2.45) is 0 Å². The van der Waals surface area contributed by atoms with Gasteiger partial charge in [-0.1, -0.05) is 24.3 Å². The predicted molar refractivity (Wildman–Crippen MR) is 92.6 cm³/mol. The van der Waals surface area contributed by atoms with Crippen molar-refractivity contribution in [3.05, 3.63) is 59.7 Å². The molecule has 0 aliphatic rings. The molecule has 3 N–H and O–H groups in total. The topological polar surface area (TPSA) is 104 Å². The van der Waals surface area contributed by atoms with Crippen LogP contribution in [-0.4, -0.2) is 35.7 Å². The van der Waals surface area contributed by atoms with Crippen molar-refractivity contribution in [1.82, 2.24) is 0 Å². The van der Waals surface area contributed by atoms with Crippen molar-refractivity contribution >= 4 is 30.9 Å². The zero-order chi connectivity index (χ0) is 18.7. The van der Waals surface area contributed by atoms with Crippen LogP contribution in [0.4, 0.5) is 0 Å². The standard InChI is InChI=1S/C8H8BO3S.C8H8O3/c9-13-12-7-3-1-6(2-4-7)5-8(10)11;9-7-3-1-6(2-4-7)5-8(10)11/h1-4,9H,5H2,(H,10,11);1-4,9H,5H2,(H,10,11)/i9T;. The zero-order valence-corrected chi connectivity index (χ0v) is 13.4. The normalized spacial score (nSPS) is 9.92. The maximum absolute atomic E-state index is 10.4. The van der Waals surface area contributed by atoms with E-state index in [2.05, 4.69) is 0 Å². The summed E-state index contributed by atoms with van der Waals surface area (Å²) in [5.41, 5.74) is 1.42. The summed E-state index contributed by atoms with van der Waals surface area (Å²) in [6, 6.07) is 12.8. The second kappa shape index (κ2) is 10.2. The lowest BCUT2D eigenvalue weighted by Crippen LogP contribution is -1.99. The predicted octanol–water partition coefficient (Wildman–Crippen LogP) is 2.18. The number of phenols is 1. The molecular formula is C16H16BO6S. The number of phenolic OH excluding ortho intramolecular Hbond substituents is 1. The molecule has 8 heteroatoms. The van der Waals surface area contributed by atoms with E-state index < -0.39 is 11.9 Å². The second-order valence-electron chi connectivity index (χ2n) is 4.63. The quantitative estimate of drug-likeness (QED) is 0.520. The number of carboxylic acids is 2. The molecule has 125 valence electrons. The first kappa shape index (κ1) is 17.7. The molecule has 0 unspecified atom stereocenters. The Hall–Kier alpha value is -2.61. The lowest BCUT2D eigenvalue weighted by Gasteiger charge is -2.01. The van der Waals surface area contributed by atoms with Gasteiger partial charge in [0.1, 0.15) is 11.5 Å². The first-order chi connectivity index (χ1) is 11.9. The number of carboxylic acid groups (broad SMARTS) is 2. The number of hydrogen-bond donors (Lipinski definition) is 3. The van der Waals surface area contributed by atoms with E-state index in [4.69, 9.17) is 20.8 Å². The molecule has 1 radical (unpaired) electrons. The van der Waals surface area contributed by atoms with Gasteiger partial charge in [-0.3, -0.25) is 9.59 Å². The Morgan fingerprint density at radius 2 is 1.42 bits per heavy atom. The molecule has 0 amide bonds. The Kier molecular flexibility index (Phi) is 7.56. The molecular weight excluding hydrogens is 331 g/mol. The van der Waals surface area contributed by atoms with Crippen LogP contribution in [0, 0.1) is 0 Å². The van der Waals surface area contributed by atoms with E-state index in [1.807, 2.05) is 0 Å². The number of rotatable bonds is 7. The average molecular weight is 349 g/mol. The molecule has 2 aromatic carbocycles. The van der Waals surface area contributed by atoms with Crippen LogP contribution in [0.2, 0.25) is 0 Å². The van der Waals surface area contributed by atoms with Crippen molar-refractivity contribution in [3.63, 3.8) is 0 Å². The maximum Gasteiger partial charge on any atom is 0.307 e. The first-order valence-electron chi connectivity index (χ1n) is 7.32. The average Bonchev–Trinajstić information content (AvgIpc) is 2.56. The van der Waals surface area contributed by atoms with Crippen molar-refractivity contribution < 1.29 is 29.1 Å². The monoisotopic (exact) mass is 349 g/mol. The molecule has 6 nitrogen and oxygen atoms in total. The summed E-state index contributed by atoms with van der Waals surface area (Å²) in [6.45, 7) is 0. The molecule has 0 aliphatic carbocycles. The highest BCUT2D eigenvalue weighted by Gasteiger charge is 2.00. The van der Waals surface area contributed by atoms with Gasteiger partial charge in [-0.05, 0) is 48.6 Å². The smallest absolute Gasteiger partial charge is 0.307 e. The highest BCUT2D eigenvalue weighted by molar-refractivity contribution is 8.16. The summed E-state index contributed by atoms with van der Waals surface area (Å²) in [5, 5.41) is 25.7. The van der Waals surface area contributed by atoms with Crippen molar-refractivity contribution in [3.8, 4) is 11.5 Å². The minimum atomic E-state index is -0.865. The SMILES string of the molecule is O=C(O)Cc1ccc(O)cc1.[3H][B]SOc1ccc(CC(=O)O)cc1. The van der Waals surface area contributed by atoms with Gasteiger partial charge in [0.2, 0.25) is 7.09 Å². The van der Waals surface area contributed by atoms with E-state index in [0.29, 0.717) is 11.3 Å². The fraction of sp³-hybridized carbons (Fsp3) is 0.125. The van der Waals surface area contributed by atoms with E-state index in [0.717, 1.165) is 24.5 Å². The van der Waals surface area contributed by atoms with E-state index in [1.54, 1.807) is 36.4 Å². The van der Waals surface area contributed by atoms with Gasteiger partial charge in [-0.15, -0.1) is 0 Å². The van der Waals surface area contributed by atoms with Crippen molar-refractivity contribution in [2.45, 2.75) is 12.8 Å². The number of aromatic hydroxyl groups is 1. The lowest BCUT2D eigenvalue weighted by molar-refractivity contribution is -0.137. The molecule has 0 aliphatic heterocycles. The number of aliphatic carboxylic acids is 2. The van der Waals surface area contributed by atoms with Crippen LogP contribution >= 0.6 is 11.9 Å². The largest absolute Gasteiger partial charge is 0.508 e. The summed E-state index contributed by atoms with van der Waals surface area (Å²) in [7, 11) is 1.07. The van der Waals surface area contributed by atoms with Gasteiger partial charge in [-0.2, -0.15) is 0 Å². The maximum atomic E-state index is 10.4. The highest BCUT2D eigenvalue weighted by atomic mass is 32.2. The number of hydrogen-bond acceptors (Lipinski definition) is 5. The van der Waals surface area contributed by atoms with Gasteiger partial charge in [-0.25, -0.2) is 0 Å². The molecule has 0 saturated carbocycles. The molecule has 0 atom stereocenters. The van der Waals surface area contributed by atoms with Crippen LogP contribution in [-0.2, 0) is 22.4 Å². The molecule has 0 fully saturated rings. The van der Waals surface area contributed by atoms with E-state index in [1.165, 1.54) is 12.1 Å². The third kappa shape index (κ3) is 8.14. The fourth-order valence-electron chi connectivity index (χ4n) is 1.68. The third-order valence-electron chi connectivity index (χ3n) is 2.71. The van der Waals surface area contributed by atoms with Crippen LogP contribution < -0.4 is 4.18 Å². The Morgan fingerprint density at radius 3 is 1.83 bits per heavy atom. The molecule has 0 spiro atoms. The zero-order valence-electron chi connectivity index (χ0n) is 13.6. The van der Waals surface area contributed by atoms with Gasteiger partial charge in [0.05, 0.1) is 12.8 Å². The molecule has 2 aromatic rings. The van der Waals surface area contributed by atoms with Gasteiger partial charge in [0.25, 0.3) is 0 Å². The number of carbonyl (C=O) groups is 2. The van der Waals surface area contributed by atoms with E-state index in [-0.39, 0.29) is 18.6 Å². The van der Waals surface area contributed by atoms with Crippen LogP contribution in [0.25, 0.3) is 0 Å². The van der Waals surface area contributed by atoms with Gasteiger partial charge in [0, 0.05) is 0 Å². The second-order valence-corrected chi connectivity index (χ2v) is 4.99. The summed E-state index contributed by atoms with van der Waals surface area (Å²) in [4.78, 5) is 20.6. The van der Waals surface area contributed by atoms with E-state index in [9.17, 15) is 9.59 Å². The highest BCUT2D eigenvalue weighted by Crippen LogP contribution is 2.15. The van der Waals surface area contributed by atoms with E-state index >= 15 is 0 Å². The third-order valence-corrected chi connectivity index (χ3v) is 3.00. The van der Waals surface area contributed by atoms with Crippen molar-refractivity contribution in [2.75, 3.05) is 0 Å². The Bertz CT molecular complexity index is 678. The molecule has 0 aromatic heterocycles. The summed E-state index contributed by atoms with van der Waals surface area (Å²) in [5.74, 6) is -0.963. The number of benzene rings is 2. The molecule has 24 heavy (non-hydrogen) atoms. The van der Waals surface area contributed by atoms with Gasteiger partial charge in [0.15, 0.2) is 0 Å². The Morgan fingerprint density at radius 1 is 0.958 bits per heavy atom. The molecule has 0 bridgehead atoms. The van der Waals surface area contributed by atoms with Crippen LogP contribution in [0.5, 0.6) is 11.5 Å². The molecule has 0 saturated heterocycles. The summed E-state index contributed by atoms with van der Waals surface area (Å²) >= 11 is 0.906. The van der Waals surface area contributed by atoms with Gasteiger partial charge >= 0.3 is 11.9 Å². The summed E-state index contributed by atoms with van der Waals surface area (Å²) in [6.07, 6.45) is 0.0122. The fourth-order valence-corrected chi connectivity index (χ4v) is 1.90. The van der Waals surface area contributed by atoms with Crippen LogP contribution in [0.1, 0.15) is 11.1 Å².